The lowest BCUT2D eigenvalue weighted by molar-refractivity contribution is -0.459. The number of ether oxygens (including phenoxy) is 11. The number of hydrogen-bond acceptors (Lipinski definition) is 29. The van der Waals surface area contributed by atoms with Crippen molar-refractivity contribution in [3.05, 3.63) is 0 Å². The summed E-state index contributed by atoms with van der Waals surface area (Å²) in [6.07, 6.45) is -51.2. The van der Waals surface area contributed by atoms with E-state index in [-0.39, 0.29) is 0 Å². The molecule has 31 heteroatoms. The maximum absolute atomic E-state index is 13.2. The summed E-state index contributed by atoms with van der Waals surface area (Å²) in [5.41, 5.74) is -0.805. The fourth-order valence-corrected chi connectivity index (χ4v) is 9.99. The summed E-state index contributed by atoms with van der Waals surface area (Å²) in [5.74, 6) is -4.98. The minimum atomic E-state index is -3.39. The molecule has 0 radical (unpaired) electrons. The second kappa shape index (κ2) is 25.1. The van der Waals surface area contributed by atoms with Crippen molar-refractivity contribution in [2.24, 2.45) is 5.41 Å². The van der Waals surface area contributed by atoms with E-state index in [0.717, 1.165) is 6.92 Å². The molecular formula is C44H76N2O29. The molecule has 31 nitrogen and oxygen atoms in total. The molecule has 6 heterocycles. The Hall–Kier alpha value is -2.14. The van der Waals surface area contributed by atoms with Gasteiger partial charge in [-0.25, -0.2) is 0 Å². The molecule has 6 aliphatic heterocycles. The van der Waals surface area contributed by atoms with E-state index in [0.29, 0.717) is 0 Å². The van der Waals surface area contributed by atoms with Gasteiger partial charge in [-0.1, -0.05) is 20.8 Å². The van der Waals surface area contributed by atoms with E-state index in [9.17, 15) is 91.3 Å². The van der Waals surface area contributed by atoms with Gasteiger partial charge in [0, 0.05) is 13.8 Å². The van der Waals surface area contributed by atoms with Crippen LogP contribution in [0.25, 0.3) is 0 Å². The van der Waals surface area contributed by atoms with Gasteiger partial charge < -0.3 is 144 Å². The van der Waals surface area contributed by atoms with E-state index >= 15 is 0 Å². The van der Waals surface area contributed by atoms with Crippen LogP contribution in [0.15, 0.2) is 0 Å². The second-order valence-electron chi connectivity index (χ2n) is 20.8. The second-order valence-corrected chi connectivity index (χ2v) is 20.8. The Labute approximate surface area is 429 Å². The Morgan fingerprint density at radius 1 is 0.467 bits per heavy atom. The van der Waals surface area contributed by atoms with E-state index in [1.165, 1.54) is 20.8 Å². The standard InChI is InChI=1S/C44H76N2O29/c1-12-22(53)27(58)30(61)39(65-12)73-35-29(60)24(55)16(8-47)69-42(35)75-44(64)19(11-50)70-38(21(46-15(4)52)37(44)74-40-31(62)28(59)23(54)13(2)66-40)72-34-26(57)18(10-49)68-41(32(34)63)71-33-20(45-14(3)51)36(43(5,6)7)67-17(9-48)25(33)56/h12-13,16-42,47-50,53-64H,8-11H2,1-7H3,(H,45,51)(H,46,52)/t12?,13?,16?,17?,18?,19?,20?,21?,22?,23-,24+,25+,26+,27?,28-,29?,30?,31?,32?,33-,34+,35?,36?,37-,38+,39?,40-,41+,42?,44-/m1/s1. The molecule has 2 amide bonds. The molecule has 6 aliphatic rings. The molecule has 0 aliphatic carbocycles. The van der Waals surface area contributed by atoms with E-state index < -0.39 is 227 Å². The molecule has 6 rings (SSSR count). The molecule has 0 bridgehead atoms. The zero-order chi connectivity index (χ0) is 55.9. The summed E-state index contributed by atoms with van der Waals surface area (Å²) in [6.45, 7) is 5.71. The molecular weight excluding hydrogens is 1020 g/mol. The largest absolute Gasteiger partial charge is 0.394 e. The molecule has 0 saturated carbocycles. The van der Waals surface area contributed by atoms with Crippen molar-refractivity contribution in [1.82, 2.24) is 10.6 Å². The molecule has 75 heavy (non-hydrogen) atoms. The Morgan fingerprint density at radius 3 is 1.41 bits per heavy atom. The number of nitrogens with one attached hydrogen (secondary N) is 2. The van der Waals surface area contributed by atoms with E-state index in [4.69, 9.17) is 52.1 Å². The summed E-state index contributed by atoms with van der Waals surface area (Å²) < 4.78 is 65.1. The minimum Gasteiger partial charge on any atom is -0.394 e. The normalized spacial score (nSPS) is 50.0. The predicted molar refractivity (Wildman–Crippen MR) is 238 cm³/mol. The van der Waals surface area contributed by atoms with Crippen LogP contribution < -0.4 is 10.6 Å². The number of amides is 2. The molecule has 436 valence electrons. The van der Waals surface area contributed by atoms with Gasteiger partial charge in [0.2, 0.25) is 17.6 Å². The predicted octanol–water partition coefficient (Wildman–Crippen LogP) is -10.3. The molecule has 18 unspecified atom stereocenters. The topological polar surface area (TPSA) is 483 Å². The van der Waals surface area contributed by atoms with E-state index in [1.807, 2.05) is 0 Å². The Balaban J connectivity index is 1.41. The molecule has 0 aromatic rings. The molecule has 0 aromatic heterocycles. The van der Waals surface area contributed by atoms with Gasteiger partial charge >= 0.3 is 0 Å². The van der Waals surface area contributed by atoms with Crippen LogP contribution >= 0.6 is 0 Å². The lowest BCUT2D eigenvalue weighted by atomic mass is 9.78. The Kier molecular flexibility index (Phi) is 20.8. The van der Waals surface area contributed by atoms with Crippen LogP contribution in [0.5, 0.6) is 0 Å². The van der Waals surface area contributed by atoms with Gasteiger partial charge in [0.15, 0.2) is 31.5 Å². The first-order valence-electron chi connectivity index (χ1n) is 24.5. The Bertz CT molecular complexity index is 1860. The fourth-order valence-electron chi connectivity index (χ4n) is 9.99. The molecule has 30 atom stereocenters. The first-order valence-corrected chi connectivity index (χ1v) is 24.5. The van der Waals surface area contributed by atoms with Gasteiger partial charge in [0.1, 0.15) is 122 Å². The summed E-state index contributed by atoms with van der Waals surface area (Å²) >= 11 is 0. The number of aliphatic hydroxyl groups excluding tert-OH is 15. The van der Waals surface area contributed by atoms with Crippen molar-refractivity contribution in [3.63, 3.8) is 0 Å². The quantitative estimate of drug-likeness (QED) is 0.0638. The van der Waals surface area contributed by atoms with Crippen LogP contribution in [0.3, 0.4) is 0 Å². The molecule has 0 spiro atoms. The van der Waals surface area contributed by atoms with Crippen LogP contribution in [0.4, 0.5) is 0 Å². The first kappa shape index (κ1) is 62.1. The molecule has 0 aromatic carbocycles. The van der Waals surface area contributed by atoms with Crippen molar-refractivity contribution in [2.45, 2.75) is 232 Å². The van der Waals surface area contributed by atoms with Crippen molar-refractivity contribution >= 4 is 11.8 Å². The third kappa shape index (κ3) is 12.9. The molecule has 6 fully saturated rings. The summed E-state index contributed by atoms with van der Waals surface area (Å²) in [4.78, 5) is 25.8. The smallest absolute Gasteiger partial charge is 0.226 e. The highest BCUT2D eigenvalue weighted by molar-refractivity contribution is 5.73. The van der Waals surface area contributed by atoms with Gasteiger partial charge in [-0.3, -0.25) is 9.59 Å². The third-order valence-corrected chi connectivity index (χ3v) is 14.2. The number of hydrogen-bond donors (Lipinski definition) is 18. The summed E-state index contributed by atoms with van der Waals surface area (Å²) in [7, 11) is 0. The third-order valence-electron chi connectivity index (χ3n) is 14.2. The highest BCUT2D eigenvalue weighted by atomic mass is 16.8. The van der Waals surface area contributed by atoms with Crippen LogP contribution in [0.1, 0.15) is 48.5 Å². The number of carbonyl (C=O) groups is 2. The first-order chi connectivity index (χ1) is 35.0. The van der Waals surface area contributed by atoms with Crippen molar-refractivity contribution < 1.29 is 143 Å². The SMILES string of the molecule is CC(=O)NC1C(C(C)(C)C)OC(CO)[C@H](O)[C@@H]1O[C@@H]1OC(CO)[C@H](O)[C@H](O[C@@H]2OC(CO)[C@@](O)(OC3OC(CO)[C@H](O)C(O)C3OC3OC(C)C(O)C(O)C3O)[C@H](O[C@H]3OC(C)[C@@H](O)[C@@H](O)C3O)C2NC(C)=O)C1O. The van der Waals surface area contributed by atoms with Crippen molar-refractivity contribution in [1.29, 1.82) is 0 Å². The highest BCUT2D eigenvalue weighted by Gasteiger charge is 2.65. The monoisotopic (exact) mass is 1100 g/mol. The van der Waals surface area contributed by atoms with Gasteiger partial charge in [-0.05, 0) is 19.3 Å². The lowest BCUT2D eigenvalue weighted by Crippen LogP contribution is -2.76. The zero-order valence-corrected chi connectivity index (χ0v) is 42.0. The summed E-state index contributed by atoms with van der Waals surface area (Å²) in [6, 6.07) is -3.31. The zero-order valence-electron chi connectivity index (χ0n) is 42.0. The lowest BCUT2D eigenvalue weighted by Gasteiger charge is -2.55. The van der Waals surface area contributed by atoms with Crippen molar-refractivity contribution in [3.8, 4) is 0 Å². The van der Waals surface area contributed by atoms with Gasteiger partial charge in [-0.2, -0.15) is 0 Å². The van der Waals surface area contributed by atoms with Gasteiger partial charge in [0.25, 0.3) is 0 Å². The average Bonchev–Trinajstić information content (AvgIpc) is 3.34. The fraction of sp³-hybridized carbons (Fsp3) is 0.955. The number of aliphatic hydroxyl groups is 16. The van der Waals surface area contributed by atoms with E-state index in [1.54, 1.807) is 20.8 Å². The van der Waals surface area contributed by atoms with Gasteiger partial charge in [0.05, 0.1) is 50.8 Å². The average molecular weight is 1100 g/mol. The Morgan fingerprint density at radius 2 is 0.907 bits per heavy atom. The van der Waals surface area contributed by atoms with Crippen LogP contribution in [0.2, 0.25) is 0 Å². The van der Waals surface area contributed by atoms with Gasteiger partial charge in [-0.15, -0.1) is 0 Å². The van der Waals surface area contributed by atoms with Crippen LogP contribution in [-0.2, 0) is 61.7 Å². The van der Waals surface area contributed by atoms with Crippen LogP contribution in [-0.4, -0.2) is 304 Å². The highest BCUT2D eigenvalue weighted by Crippen LogP contribution is 2.42. The minimum absolute atomic E-state index is 0.604. The van der Waals surface area contributed by atoms with E-state index in [2.05, 4.69) is 10.6 Å². The number of rotatable bonds is 16. The maximum Gasteiger partial charge on any atom is 0.226 e. The molecule has 18 N–H and O–H groups in total. The van der Waals surface area contributed by atoms with Crippen molar-refractivity contribution in [2.75, 3.05) is 26.4 Å². The summed E-state index contributed by atoms with van der Waals surface area (Å²) in [5, 5.41) is 182. The number of carbonyl (C=O) groups excluding carboxylic acids is 2. The van der Waals surface area contributed by atoms with Crippen LogP contribution in [0, 0.1) is 5.41 Å². The molecule has 6 saturated heterocycles. The maximum atomic E-state index is 13.2.